The summed E-state index contributed by atoms with van der Waals surface area (Å²) in [6.07, 6.45) is 6.71. The average Bonchev–Trinajstić information content (AvgIpc) is 3.94. The van der Waals surface area contributed by atoms with E-state index in [2.05, 4.69) is 203 Å². The lowest BCUT2D eigenvalue weighted by Crippen LogP contribution is -2.00. The van der Waals surface area contributed by atoms with Crippen LogP contribution < -0.4 is 0 Å². The number of nitrogens with zero attached hydrogens (tertiary/aromatic N) is 2. The number of allylic oxidation sites excluding steroid dienone is 1. The van der Waals surface area contributed by atoms with Crippen LogP contribution >= 0.6 is 0 Å². The van der Waals surface area contributed by atoms with Crippen molar-refractivity contribution in [2.75, 3.05) is 0 Å². The molecule has 1 aliphatic carbocycles. The fourth-order valence-corrected chi connectivity index (χ4v) is 9.33. The Hall–Kier alpha value is -7.36. The minimum Gasteiger partial charge on any atom is -0.454 e. The zero-order chi connectivity index (χ0) is 37.5. The first-order chi connectivity index (χ1) is 28.3. The molecule has 0 spiro atoms. The Labute approximate surface area is 330 Å². The molecule has 0 N–H and O–H groups in total. The van der Waals surface area contributed by atoms with Crippen molar-refractivity contribution in [3.63, 3.8) is 0 Å². The lowest BCUT2D eigenvalue weighted by atomic mass is 9.97. The standard InChI is InChI=1S/C54H36N2O/c1-3-14-35(15-4-1)37-18-13-19-41(30-37)55-48-23-10-8-21-43(48)46-31-38(27-29-50(46)55)39-26-28-44-42-20-7-11-24-49(42)56(51(44)33-39)52-34-40(36-16-5-2-6-17-36)32-47-45-22-9-12-25-53(45)57-54(47)52/h1-7,9-20,22-34H,8,21H2. The van der Waals surface area contributed by atoms with Crippen molar-refractivity contribution in [2.24, 2.45) is 0 Å². The Balaban J connectivity index is 1.07. The summed E-state index contributed by atoms with van der Waals surface area (Å²) in [7, 11) is 0. The van der Waals surface area contributed by atoms with Gasteiger partial charge in [-0.2, -0.15) is 0 Å². The molecule has 0 aliphatic heterocycles. The Morgan fingerprint density at radius 2 is 1.05 bits per heavy atom. The van der Waals surface area contributed by atoms with Crippen LogP contribution in [0.15, 0.2) is 192 Å². The van der Waals surface area contributed by atoms with Crippen molar-refractivity contribution in [3.05, 3.63) is 199 Å². The largest absolute Gasteiger partial charge is 0.454 e. The third kappa shape index (κ3) is 4.99. The molecule has 0 amide bonds. The fraction of sp³-hybridized carbons (Fsp3) is 0.0370. The summed E-state index contributed by atoms with van der Waals surface area (Å²) in [6, 6.07) is 66.1. The molecule has 11 aromatic rings. The van der Waals surface area contributed by atoms with Gasteiger partial charge in [0.15, 0.2) is 5.58 Å². The Morgan fingerprint density at radius 3 is 1.91 bits per heavy atom. The van der Waals surface area contributed by atoms with E-state index < -0.39 is 0 Å². The summed E-state index contributed by atoms with van der Waals surface area (Å²) < 4.78 is 11.6. The van der Waals surface area contributed by atoms with Gasteiger partial charge in [0.1, 0.15) is 5.58 Å². The highest BCUT2D eigenvalue weighted by molar-refractivity contribution is 6.14. The second-order valence-electron chi connectivity index (χ2n) is 15.2. The van der Waals surface area contributed by atoms with E-state index in [1.807, 2.05) is 0 Å². The number of fused-ring (bicyclic) bond motifs is 9. The van der Waals surface area contributed by atoms with E-state index in [9.17, 15) is 0 Å². The van der Waals surface area contributed by atoms with Gasteiger partial charge < -0.3 is 13.6 Å². The molecular formula is C54H36N2O. The zero-order valence-corrected chi connectivity index (χ0v) is 31.2. The summed E-state index contributed by atoms with van der Waals surface area (Å²) in [5, 5.41) is 6.00. The molecule has 0 bridgehead atoms. The highest BCUT2D eigenvalue weighted by Gasteiger charge is 2.22. The van der Waals surface area contributed by atoms with Crippen molar-refractivity contribution in [3.8, 4) is 44.8 Å². The lowest BCUT2D eigenvalue weighted by molar-refractivity contribution is 0.666. The lowest BCUT2D eigenvalue weighted by Gasteiger charge is -2.13. The molecule has 0 atom stereocenters. The zero-order valence-electron chi connectivity index (χ0n) is 31.2. The second kappa shape index (κ2) is 12.6. The van der Waals surface area contributed by atoms with Gasteiger partial charge in [0.05, 0.1) is 22.2 Å². The molecule has 57 heavy (non-hydrogen) atoms. The number of rotatable bonds is 5. The van der Waals surface area contributed by atoms with Crippen LogP contribution in [0.25, 0.3) is 105 Å². The molecule has 12 rings (SSSR count). The number of benzene rings is 8. The molecule has 3 heteroatoms. The Kier molecular flexibility index (Phi) is 7.05. The van der Waals surface area contributed by atoms with Crippen LogP contribution in [0.4, 0.5) is 0 Å². The van der Waals surface area contributed by atoms with E-state index in [1.54, 1.807) is 0 Å². The van der Waals surface area contributed by atoms with Crippen molar-refractivity contribution >= 4 is 60.7 Å². The number of aromatic nitrogens is 2. The molecule has 0 fully saturated rings. The number of hydrogen-bond donors (Lipinski definition) is 0. The van der Waals surface area contributed by atoms with Gasteiger partial charge in [0.25, 0.3) is 0 Å². The number of hydrogen-bond acceptors (Lipinski definition) is 1. The predicted octanol–water partition coefficient (Wildman–Crippen LogP) is 14.6. The van der Waals surface area contributed by atoms with Crippen LogP contribution in [-0.2, 0) is 6.42 Å². The summed E-state index contributed by atoms with van der Waals surface area (Å²) in [6.45, 7) is 0. The summed E-state index contributed by atoms with van der Waals surface area (Å²) in [5.41, 5.74) is 17.4. The van der Waals surface area contributed by atoms with Crippen LogP contribution in [0.1, 0.15) is 17.7 Å². The molecule has 268 valence electrons. The maximum Gasteiger partial charge on any atom is 0.159 e. The molecular weight excluding hydrogens is 693 g/mol. The van der Waals surface area contributed by atoms with Gasteiger partial charge in [0, 0.05) is 38.3 Å². The summed E-state index contributed by atoms with van der Waals surface area (Å²) in [4.78, 5) is 0. The Morgan fingerprint density at radius 1 is 0.404 bits per heavy atom. The Bertz CT molecular complexity index is 3400. The van der Waals surface area contributed by atoms with E-state index in [0.717, 1.165) is 57.1 Å². The quantitative estimate of drug-likeness (QED) is 0.173. The summed E-state index contributed by atoms with van der Waals surface area (Å²) in [5.74, 6) is 0. The van der Waals surface area contributed by atoms with Gasteiger partial charge in [-0.1, -0.05) is 133 Å². The van der Waals surface area contributed by atoms with Crippen molar-refractivity contribution in [2.45, 2.75) is 12.8 Å². The fourth-order valence-electron chi connectivity index (χ4n) is 9.33. The van der Waals surface area contributed by atoms with Crippen LogP contribution in [0, 0.1) is 0 Å². The minimum absolute atomic E-state index is 0.891. The van der Waals surface area contributed by atoms with Crippen molar-refractivity contribution < 1.29 is 4.42 Å². The third-order valence-corrected chi connectivity index (χ3v) is 12.0. The highest BCUT2D eigenvalue weighted by Crippen LogP contribution is 2.43. The van der Waals surface area contributed by atoms with E-state index in [-0.39, 0.29) is 0 Å². The van der Waals surface area contributed by atoms with Gasteiger partial charge in [-0.3, -0.25) is 0 Å². The van der Waals surface area contributed by atoms with Gasteiger partial charge in [-0.05, 0) is 112 Å². The molecule has 0 unspecified atom stereocenters. The molecule has 8 aromatic carbocycles. The molecule has 0 radical (unpaired) electrons. The van der Waals surface area contributed by atoms with E-state index in [4.69, 9.17) is 4.42 Å². The number of para-hydroxylation sites is 2. The second-order valence-corrected chi connectivity index (χ2v) is 15.2. The first-order valence-corrected chi connectivity index (χ1v) is 19.8. The van der Waals surface area contributed by atoms with E-state index >= 15 is 0 Å². The normalized spacial score (nSPS) is 12.7. The molecule has 3 heterocycles. The van der Waals surface area contributed by atoms with Crippen LogP contribution in [-0.4, -0.2) is 9.13 Å². The monoisotopic (exact) mass is 728 g/mol. The smallest absolute Gasteiger partial charge is 0.159 e. The average molecular weight is 729 g/mol. The van der Waals surface area contributed by atoms with Gasteiger partial charge in [0.2, 0.25) is 0 Å². The molecule has 0 saturated carbocycles. The third-order valence-electron chi connectivity index (χ3n) is 12.0. The van der Waals surface area contributed by atoms with Crippen molar-refractivity contribution in [1.29, 1.82) is 0 Å². The topological polar surface area (TPSA) is 23.0 Å². The maximum atomic E-state index is 6.75. The van der Waals surface area contributed by atoms with E-state index in [1.165, 1.54) is 66.4 Å². The minimum atomic E-state index is 0.891. The van der Waals surface area contributed by atoms with Gasteiger partial charge >= 0.3 is 0 Å². The molecule has 3 aromatic heterocycles. The van der Waals surface area contributed by atoms with Crippen LogP contribution in [0.5, 0.6) is 0 Å². The summed E-state index contributed by atoms with van der Waals surface area (Å²) >= 11 is 0. The molecule has 3 nitrogen and oxygen atoms in total. The predicted molar refractivity (Wildman–Crippen MR) is 239 cm³/mol. The maximum absolute atomic E-state index is 6.75. The molecule has 0 saturated heterocycles. The van der Waals surface area contributed by atoms with Crippen LogP contribution in [0.2, 0.25) is 0 Å². The first-order valence-electron chi connectivity index (χ1n) is 19.8. The van der Waals surface area contributed by atoms with Gasteiger partial charge in [-0.25, -0.2) is 0 Å². The molecule has 1 aliphatic rings. The van der Waals surface area contributed by atoms with E-state index in [0.29, 0.717) is 0 Å². The number of aryl methyl sites for hydroxylation is 1. The van der Waals surface area contributed by atoms with Gasteiger partial charge in [-0.15, -0.1) is 0 Å². The number of furan rings is 1. The highest BCUT2D eigenvalue weighted by atomic mass is 16.3. The van der Waals surface area contributed by atoms with Crippen LogP contribution in [0.3, 0.4) is 0 Å². The van der Waals surface area contributed by atoms with Crippen molar-refractivity contribution in [1.82, 2.24) is 9.13 Å². The SMILES string of the molecule is C1=Cc2c(c3cc(-c4ccc5c6ccccc6n(-c6cc(-c7ccccc7)cc7c6oc6ccccc67)c5c4)ccc3n2-c2cccc(-c3ccccc3)c2)CC1. The first kappa shape index (κ1) is 31.9.